The number of carbonyl (C=O) groups is 1. The third-order valence-corrected chi connectivity index (χ3v) is 3.67. The first-order valence-corrected chi connectivity index (χ1v) is 6.81. The molecule has 0 amide bonds. The average molecular weight is 277 g/mol. The zero-order valence-electron chi connectivity index (χ0n) is 10.9. The van der Waals surface area contributed by atoms with Crippen molar-refractivity contribution in [2.24, 2.45) is 7.05 Å². The summed E-state index contributed by atoms with van der Waals surface area (Å²) < 4.78 is 6.50. The van der Waals surface area contributed by atoms with Gasteiger partial charge in [-0.05, 0) is 5.56 Å². The Morgan fingerprint density at radius 2 is 2.05 bits per heavy atom. The molecular weight excluding hydrogens is 262 g/mol. The van der Waals surface area contributed by atoms with E-state index in [-0.39, 0.29) is 11.7 Å². The minimum absolute atomic E-state index is 0.244. The quantitative estimate of drug-likeness (QED) is 0.614. The molecule has 1 heterocycles. The SMILES string of the molecule is COC(=O)CSc1nnc(Cc2ccccc2)n1C. The van der Waals surface area contributed by atoms with Crippen LogP contribution in [0.25, 0.3) is 0 Å². The molecular formula is C13H15N3O2S. The maximum Gasteiger partial charge on any atom is 0.316 e. The first-order valence-electron chi connectivity index (χ1n) is 5.82. The van der Waals surface area contributed by atoms with Crippen LogP contribution < -0.4 is 0 Å². The second kappa shape index (κ2) is 6.38. The second-order valence-electron chi connectivity index (χ2n) is 3.99. The Kier molecular flexibility index (Phi) is 4.57. The number of carbonyl (C=O) groups excluding carboxylic acids is 1. The third kappa shape index (κ3) is 3.57. The fourth-order valence-electron chi connectivity index (χ4n) is 1.59. The van der Waals surface area contributed by atoms with Crippen LogP contribution in [0.2, 0.25) is 0 Å². The zero-order valence-corrected chi connectivity index (χ0v) is 11.7. The van der Waals surface area contributed by atoms with Gasteiger partial charge in [0.15, 0.2) is 5.16 Å². The lowest BCUT2D eigenvalue weighted by atomic mass is 10.1. The van der Waals surface area contributed by atoms with Crippen LogP contribution in [0.15, 0.2) is 35.5 Å². The van der Waals surface area contributed by atoms with Gasteiger partial charge in [-0.1, -0.05) is 42.1 Å². The number of benzene rings is 1. The lowest BCUT2D eigenvalue weighted by molar-refractivity contribution is -0.137. The Hall–Kier alpha value is -1.82. The van der Waals surface area contributed by atoms with E-state index < -0.39 is 0 Å². The van der Waals surface area contributed by atoms with Crippen LogP contribution >= 0.6 is 11.8 Å². The topological polar surface area (TPSA) is 57.0 Å². The van der Waals surface area contributed by atoms with E-state index in [1.165, 1.54) is 24.4 Å². The molecule has 0 unspecified atom stereocenters. The Bertz CT molecular complexity index is 554. The molecule has 1 aromatic carbocycles. The van der Waals surface area contributed by atoms with Crippen molar-refractivity contribution in [2.75, 3.05) is 12.9 Å². The highest BCUT2D eigenvalue weighted by Gasteiger charge is 2.11. The van der Waals surface area contributed by atoms with Gasteiger partial charge in [0.2, 0.25) is 0 Å². The fraction of sp³-hybridized carbons (Fsp3) is 0.308. The van der Waals surface area contributed by atoms with E-state index in [0.717, 1.165) is 17.4 Å². The van der Waals surface area contributed by atoms with Gasteiger partial charge in [-0.3, -0.25) is 4.79 Å². The van der Waals surface area contributed by atoms with E-state index in [2.05, 4.69) is 27.1 Å². The highest BCUT2D eigenvalue weighted by atomic mass is 32.2. The number of nitrogens with zero attached hydrogens (tertiary/aromatic N) is 3. The molecule has 0 spiro atoms. The molecule has 0 aliphatic carbocycles. The van der Waals surface area contributed by atoms with Crippen LogP contribution in [0.4, 0.5) is 0 Å². The molecule has 100 valence electrons. The summed E-state index contributed by atoms with van der Waals surface area (Å²) >= 11 is 1.33. The zero-order chi connectivity index (χ0) is 13.7. The van der Waals surface area contributed by atoms with E-state index in [4.69, 9.17) is 0 Å². The molecule has 1 aromatic heterocycles. The Balaban J connectivity index is 2.04. The van der Waals surface area contributed by atoms with Crippen LogP contribution in [-0.2, 0) is 23.0 Å². The van der Waals surface area contributed by atoms with Crippen LogP contribution in [0.3, 0.4) is 0 Å². The van der Waals surface area contributed by atoms with Gasteiger partial charge >= 0.3 is 5.97 Å². The number of esters is 1. The molecule has 0 fully saturated rings. The maximum absolute atomic E-state index is 11.1. The summed E-state index contributed by atoms with van der Waals surface area (Å²) in [6, 6.07) is 10.1. The van der Waals surface area contributed by atoms with Crippen molar-refractivity contribution >= 4 is 17.7 Å². The van der Waals surface area contributed by atoms with Crippen LogP contribution in [0.1, 0.15) is 11.4 Å². The number of rotatable bonds is 5. The fourth-order valence-corrected chi connectivity index (χ4v) is 2.35. The lowest BCUT2D eigenvalue weighted by Crippen LogP contribution is -2.05. The number of aromatic nitrogens is 3. The molecule has 2 aromatic rings. The predicted molar refractivity (Wildman–Crippen MR) is 73.0 cm³/mol. The lowest BCUT2D eigenvalue weighted by Gasteiger charge is -2.03. The minimum Gasteiger partial charge on any atom is -0.468 e. The summed E-state index contributed by atoms with van der Waals surface area (Å²) in [5, 5.41) is 8.96. The molecule has 0 aliphatic heterocycles. The van der Waals surface area contributed by atoms with Gasteiger partial charge in [0.25, 0.3) is 0 Å². The second-order valence-corrected chi connectivity index (χ2v) is 4.93. The molecule has 0 saturated heterocycles. The van der Waals surface area contributed by atoms with Crippen molar-refractivity contribution in [2.45, 2.75) is 11.6 Å². The molecule has 19 heavy (non-hydrogen) atoms. The van der Waals surface area contributed by atoms with E-state index >= 15 is 0 Å². The highest BCUT2D eigenvalue weighted by molar-refractivity contribution is 7.99. The van der Waals surface area contributed by atoms with Crippen LogP contribution in [0, 0.1) is 0 Å². The first kappa shape index (κ1) is 13.6. The first-order chi connectivity index (χ1) is 9.20. The van der Waals surface area contributed by atoms with Crippen LogP contribution in [0.5, 0.6) is 0 Å². The maximum atomic E-state index is 11.1. The van der Waals surface area contributed by atoms with Crippen LogP contribution in [-0.4, -0.2) is 33.6 Å². The largest absolute Gasteiger partial charge is 0.468 e. The minimum atomic E-state index is -0.266. The van der Waals surface area contributed by atoms with Gasteiger partial charge in [-0.15, -0.1) is 10.2 Å². The average Bonchev–Trinajstić information content (AvgIpc) is 2.78. The molecule has 0 N–H and O–H groups in total. The number of methoxy groups -OCH3 is 1. The monoisotopic (exact) mass is 277 g/mol. The van der Waals surface area contributed by atoms with Crippen molar-refractivity contribution < 1.29 is 9.53 Å². The summed E-state index contributed by atoms with van der Waals surface area (Å²) in [7, 11) is 3.28. The van der Waals surface area contributed by atoms with Crippen molar-refractivity contribution in [3.05, 3.63) is 41.7 Å². The van der Waals surface area contributed by atoms with Gasteiger partial charge in [0, 0.05) is 13.5 Å². The molecule has 2 rings (SSSR count). The number of ether oxygens (including phenoxy) is 1. The number of hydrogen-bond donors (Lipinski definition) is 0. The van der Waals surface area contributed by atoms with E-state index in [1.54, 1.807) is 0 Å². The molecule has 0 bridgehead atoms. The smallest absolute Gasteiger partial charge is 0.316 e. The van der Waals surface area contributed by atoms with Gasteiger partial charge in [-0.2, -0.15) is 0 Å². The molecule has 5 nitrogen and oxygen atoms in total. The summed E-state index contributed by atoms with van der Waals surface area (Å²) in [5.41, 5.74) is 1.18. The number of thioether (sulfide) groups is 1. The summed E-state index contributed by atoms with van der Waals surface area (Å²) in [6.45, 7) is 0. The van der Waals surface area contributed by atoms with Crippen molar-refractivity contribution in [1.82, 2.24) is 14.8 Å². The molecule has 0 saturated carbocycles. The van der Waals surface area contributed by atoms with Crippen molar-refractivity contribution in [1.29, 1.82) is 0 Å². The summed E-state index contributed by atoms with van der Waals surface area (Å²) in [6.07, 6.45) is 0.725. The van der Waals surface area contributed by atoms with Gasteiger partial charge < -0.3 is 9.30 Å². The Morgan fingerprint density at radius 3 is 2.74 bits per heavy atom. The predicted octanol–water partition coefficient (Wildman–Crippen LogP) is 1.67. The summed E-state index contributed by atoms with van der Waals surface area (Å²) in [5.74, 6) is 0.851. The molecule has 6 heteroatoms. The van der Waals surface area contributed by atoms with Crippen molar-refractivity contribution in [3.63, 3.8) is 0 Å². The molecule has 0 radical (unpaired) electrons. The highest BCUT2D eigenvalue weighted by Crippen LogP contribution is 2.17. The van der Waals surface area contributed by atoms with Gasteiger partial charge in [-0.25, -0.2) is 0 Å². The Morgan fingerprint density at radius 1 is 1.32 bits per heavy atom. The molecule has 0 aliphatic rings. The van der Waals surface area contributed by atoms with Gasteiger partial charge in [0.05, 0.1) is 12.9 Å². The molecule has 0 atom stereocenters. The van der Waals surface area contributed by atoms with E-state index in [0.29, 0.717) is 0 Å². The summed E-state index contributed by atoms with van der Waals surface area (Å²) in [4.78, 5) is 11.1. The van der Waals surface area contributed by atoms with Crippen molar-refractivity contribution in [3.8, 4) is 0 Å². The van der Waals surface area contributed by atoms with Gasteiger partial charge in [0.1, 0.15) is 5.82 Å². The normalized spacial score (nSPS) is 10.4. The Labute approximate surface area is 116 Å². The van der Waals surface area contributed by atoms with E-state index in [1.807, 2.05) is 29.8 Å². The number of hydrogen-bond acceptors (Lipinski definition) is 5. The third-order valence-electron chi connectivity index (χ3n) is 2.68. The van der Waals surface area contributed by atoms with E-state index in [9.17, 15) is 4.79 Å². The standard InChI is InChI=1S/C13H15N3O2S/c1-16-11(8-10-6-4-3-5-7-10)14-15-13(16)19-9-12(17)18-2/h3-7H,8-9H2,1-2H3.